The Hall–Kier alpha value is -0.970. The van der Waals surface area contributed by atoms with E-state index in [9.17, 15) is 0 Å². The van der Waals surface area contributed by atoms with Gasteiger partial charge in [0.15, 0.2) is 0 Å². The molecule has 2 aliphatic heterocycles. The van der Waals surface area contributed by atoms with Crippen molar-refractivity contribution in [3.05, 3.63) is 57.1 Å². The van der Waals surface area contributed by atoms with Crippen molar-refractivity contribution >= 4 is 44.9 Å². The van der Waals surface area contributed by atoms with Crippen molar-refractivity contribution in [1.82, 2.24) is 5.32 Å². The smallest absolute Gasteiger partial charge is 0.0617 e. The minimum Gasteiger partial charge on any atom is -0.383 e. The van der Waals surface area contributed by atoms with Crippen LogP contribution in [0, 0.1) is 0 Å². The molecule has 4 heterocycles. The number of fused-ring (bicyclic) bond motifs is 1. The third-order valence-corrected chi connectivity index (χ3v) is 6.58. The lowest BCUT2D eigenvalue weighted by molar-refractivity contribution is 0.784. The molecule has 0 amide bonds. The molecule has 0 fully saturated rings. The molecule has 2 unspecified atom stereocenters. The van der Waals surface area contributed by atoms with Crippen LogP contribution in [0.15, 0.2) is 47.3 Å². The molecule has 2 aromatic heterocycles. The van der Waals surface area contributed by atoms with Gasteiger partial charge in [-0.15, -0.1) is 34.4 Å². The van der Waals surface area contributed by atoms with E-state index in [4.69, 9.17) is 0 Å². The summed E-state index contributed by atoms with van der Waals surface area (Å²) < 4.78 is 0. The first-order valence-electron chi connectivity index (χ1n) is 5.84. The van der Waals surface area contributed by atoms with Crippen LogP contribution < -0.4 is 5.32 Å². The standard InChI is InChI=1S/C14H11NS3/c1-3-11(16-5-1)9-8-15-10-7-13(18-14(9)10)12-4-2-6-17-12/h1-8,10,14-15H. The minimum atomic E-state index is 0.462. The lowest BCUT2D eigenvalue weighted by Crippen LogP contribution is -2.23. The largest absolute Gasteiger partial charge is 0.383 e. The summed E-state index contributed by atoms with van der Waals surface area (Å²) in [4.78, 5) is 4.21. The molecule has 1 N–H and O–H groups in total. The number of thiophene rings is 2. The predicted molar refractivity (Wildman–Crippen MR) is 82.9 cm³/mol. The fourth-order valence-corrected chi connectivity index (χ4v) is 5.47. The van der Waals surface area contributed by atoms with E-state index in [0.29, 0.717) is 11.3 Å². The van der Waals surface area contributed by atoms with Crippen molar-refractivity contribution in [2.24, 2.45) is 0 Å². The zero-order chi connectivity index (χ0) is 11.9. The fraction of sp³-hybridized carbons (Fsp3) is 0.143. The van der Waals surface area contributed by atoms with Gasteiger partial charge in [0.1, 0.15) is 0 Å². The molecule has 0 aromatic carbocycles. The van der Waals surface area contributed by atoms with E-state index in [2.05, 4.69) is 52.6 Å². The van der Waals surface area contributed by atoms with Gasteiger partial charge in [0.05, 0.1) is 11.3 Å². The molecule has 0 bridgehead atoms. The number of rotatable bonds is 2. The van der Waals surface area contributed by atoms with Gasteiger partial charge in [-0.25, -0.2) is 0 Å². The van der Waals surface area contributed by atoms with Gasteiger partial charge < -0.3 is 5.32 Å². The second-order valence-corrected chi connectivity index (χ2v) is 7.39. The second-order valence-electron chi connectivity index (χ2n) is 4.32. The molecule has 0 radical (unpaired) electrons. The highest BCUT2D eigenvalue weighted by Gasteiger charge is 2.36. The Bertz CT molecular complexity index is 608. The van der Waals surface area contributed by atoms with E-state index < -0.39 is 0 Å². The first-order chi connectivity index (χ1) is 8.92. The average molecular weight is 289 g/mol. The van der Waals surface area contributed by atoms with Gasteiger partial charge >= 0.3 is 0 Å². The van der Waals surface area contributed by atoms with Gasteiger partial charge in [-0.05, 0) is 29.0 Å². The highest BCUT2D eigenvalue weighted by Crippen LogP contribution is 2.48. The third-order valence-electron chi connectivity index (χ3n) is 3.22. The Labute approximate surface area is 118 Å². The highest BCUT2D eigenvalue weighted by molar-refractivity contribution is 8.09. The summed E-state index contributed by atoms with van der Waals surface area (Å²) in [7, 11) is 0. The van der Waals surface area contributed by atoms with E-state index in [1.807, 2.05) is 34.4 Å². The number of hydrogen-bond donors (Lipinski definition) is 1. The quantitative estimate of drug-likeness (QED) is 0.885. The Balaban J connectivity index is 1.62. The van der Waals surface area contributed by atoms with Crippen molar-refractivity contribution in [2.45, 2.75) is 11.3 Å². The third kappa shape index (κ3) is 1.67. The summed E-state index contributed by atoms with van der Waals surface area (Å²) >= 11 is 5.64. The van der Waals surface area contributed by atoms with Crippen LogP contribution in [0.2, 0.25) is 0 Å². The van der Waals surface area contributed by atoms with Crippen molar-refractivity contribution < 1.29 is 0 Å². The van der Waals surface area contributed by atoms with Crippen LogP contribution in [0.25, 0.3) is 10.5 Å². The van der Waals surface area contributed by atoms with E-state index >= 15 is 0 Å². The molecule has 4 heteroatoms. The molecule has 4 rings (SSSR count). The van der Waals surface area contributed by atoms with Gasteiger partial charge in [0, 0.05) is 26.4 Å². The highest BCUT2D eigenvalue weighted by atomic mass is 32.2. The maximum absolute atomic E-state index is 3.50. The predicted octanol–water partition coefficient (Wildman–Crippen LogP) is 4.28. The maximum Gasteiger partial charge on any atom is 0.0617 e. The minimum absolute atomic E-state index is 0.462. The molecule has 90 valence electrons. The first kappa shape index (κ1) is 10.9. The summed E-state index contributed by atoms with van der Waals surface area (Å²) in [5.74, 6) is 0. The zero-order valence-corrected chi connectivity index (χ0v) is 11.9. The van der Waals surface area contributed by atoms with E-state index in [0.717, 1.165) is 0 Å². The molecular formula is C14H11NS3. The van der Waals surface area contributed by atoms with Crippen LogP contribution in [0.3, 0.4) is 0 Å². The molecule has 1 nitrogen and oxygen atoms in total. The Morgan fingerprint density at radius 2 is 1.78 bits per heavy atom. The van der Waals surface area contributed by atoms with Crippen molar-refractivity contribution in [3.63, 3.8) is 0 Å². The lowest BCUT2D eigenvalue weighted by Gasteiger charge is -2.11. The molecule has 18 heavy (non-hydrogen) atoms. The Morgan fingerprint density at radius 3 is 2.50 bits per heavy atom. The summed E-state index contributed by atoms with van der Waals surface area (Å²) in [6.45, 7) is 0. The number of thioether (sulfide) groups is 1. The molecule has 2 aliphatic rings. The van der Waals surface area contributed by atoms with Gasteiger partial charge in [-0.3, -0.25) is 0 Å². The summed E-state index contributed by atoms with van der Waals surface area (Å²) in [5.41, 5.74) is 1.45. The topological polar surface area (TPSA) is 12.0 Å². The second kappa shape index (κ2) is 4.30. The van der Waals surface area contributed by atoms with Crippen LogP contribution >= 0.6 is 34.4 Å². The summed E-state index contributed by atoms with van der Waals surface area (Å²) in [6.07, 6.45) is 4.56. The lowest BCUT2D eigenvalue weighted by atomic mass is 10.1. The monoisotopic (exact) mass is 289 g/mol. The molecule has 2 aromatic rings. The first-order valence-corrected chi connectivity index (χ1v) is 8.48. The molecular weight excluding hydrogens is 278 g/mol. The normalized spacial score (nSPS) is 25.6. The average Bonchev–Trinajstić information content (AvgIpc) is 3.13. The Kier molecular flexibility index (Phi) is 2.60. The fourth-order valence-electron chi connectivity index (χ4n) is 2.37. The maximum atomic E-state index is 3.50. The zero-order valence-electron chi connectivity index (χ0n) is 9.50. The van der Waals surface area contributed by atoms with E-state index in [-0.39, 0.29) is 0 Å². The van der Waals surface area contributed by atoms with Gasteiger partial charge in [0.25, 0.3) is 0 Å². The number of hydrogen-bond acceptors (Lipinski definition) is 4. The van der Waals surface area contributed by atoms with Crippen LogP contribution in [-0.2, 0) is 0 Å². The van der Waals surface area contributed by atoms with E-state index in [1.165, 1.54) is 20.2 Å². The molecule has 0 aliphatic carbocycles. The van der Waals surface area contributed by atoms with Crippen LogP contribution in [0.5, 0.6) is 0 Å². The molecule has 0 spiro atoms. The molecule has 0 saturated carbocycles. The Morgan fingerprint density at radius 1 is 1.00 bits per heavy atom. The number of nitrogens with one attached hydrogen (secondary N) is 1. The summed E-state index contributed by atoms with van der Waals surface area (Å²) in [5, 5.41) is 8.34. The van der Waals surface area contributed by atoms with Crippen LogP contribution in [0.4, 0.5) is 0 Å². The molecule has 2 atom stereocenters. The SMILES string of the molecule is C1=C(c2cccs2)SC2C(c3cccs3)=CNC12. The van der Waals surface area contributed by atoms with Crippen molar-refractivity contribution in [3.8, 4) is 0 Å². The van der Waals surface area contributed by atoms with Crippen molar-refractivity contribution in [2.75, 3.05) is 0 Å². The van der Waals surface area contributed by atoms with E-state index in [1.54, 1.807) is 0 Å². The molecule has 0 saturated heterocycles. The van der Waals surface area contributed by atoms with Gasteiger partial charge in [-0.2, -0.15) is 0 Å². The van der Waals surface area contributed by atoms with Crippen LogP contribution in [-0.4, -0.2) is 11.3 Å². The van der Waals surface area contributed by atoms with Crippen LogP contribution in [0.1, 0.15) is 9.75 Å². The van der Waals surface area contributed by atoms with Gasteiger partial charge in [-0.1, -0.05) is 12.1 Å². The van der Waals surface area contributed by atoms with Crippen molar-refractivity contribution in [1.29, 1.82) is 0 Å². The van der Waals surface area contributed by atoms with Gasteiger partial charge in [0.2, 0.25) is 0 Å². The summed E-state index contributed by atoms with van der Waals surface area (Å²) in [6, 6.07) is 9.13.